The van der Waals surface area contributed by atoms with E-state index in [4.69, 9.17) is 0 Å². The summed E-state index contributed by atoms with van der Waals surface area (Å²) in [6, 6.07) is 0. The van der Waals surface area contributed by atoms with Gasteiger partial charge in [-0.3, -0.25) is 4.79 Å². The van der Waals surface area contributed by atoms with E-state index in [9.17, 15) is 13.2 Å². The number of hydrogen-bond acceptors (Lipinski definition) is 4. The lowest BCUT2D eigenvalue weighted by molar-refractivity contribution is -0.124. The van der Waals surface area contributed by atoms with Crippen molar-refractivity contribution in [2.24, 2.45) is 23.7 Å². The smallest absolute Gasteiger partial charge is 0.211 e. The minimum absolute atomic E-state index is 0.113. The fraction of sp³-hybridized carbons (Fsp3) is 0.941. The van der Waals surface area contributed by atoms with Crippen molar-refractivity contribution < 1.29 is 13.2 Å². The molecule has 23 heavy (non-hydrogen) atoms. The van der Waals surface area contributed by atoms with Crippen molar-refractivity contribution >= 4 is 15.8 Å². The molecule has 2 atom stereocenters. The molecule has 0 saturated carbocycles. The number of hydrogen-bond donors (Lipinski definition) is 1. The molecule has 6 heteroatoms. The molecule has 0 amide bonds. The molecule has 1 unspecified atom stereocenters. The molecular formula is C17H32N2O3S. The number of nitrogens with one attached hydrogen (secondary N) is 1. The number of nitrogens with zero attached hydrogens (tertiary/aromatic N) is 1. The Kier molecular flexibility index (Phi) is 6.63. The van der Waals surface area contributed by atoms with Crippen molar-refractivity contribution in [3.05, 3.63) is 0 Å². The first-order valence-electron chi connectivity index (χ1n) is 8.97. The SMILES string of the molecule is CC(C)[C@H]1CN(S(C)(=O)=O)CC1C(=O)CCCC1CCNCC1. The van der Waals surface area contributed by atoms with Crippen LogP contribution in [0.4, 0.5) is 0 Å². The Bertz CT molecular complexity index is 498. The van der Waals surface area contributed by atoms with E-state index in [1.807, 2.05) is 0 Å². The first kappa shape index (κ1) is 18.9. The molecule has 2 rings (SSSR count). The quantitative estimate of drug-likeness (QED) is 0.766. The van der Waals surface area contributed by atoms with Gasteiger partial charge in [0.2, 0.25) is 10.0 Å². The van der Waals surface area contributed by atoms with E-state index in [2.05, 4.69) is 19.2 Å². The van der Waals surface area contributed by atoms with Crippen LogP contribution >= 0.6 is 0 Å². The van der Waals surface area contributed by atoms with E-state index < -0.39 is 10.0 Å². The molecule has 2 aliphatic rings. The molecule has 2 saturated heterocycles. The highest BCUT2D eigenvalue weighted by Gasteiger charge is 2.41. The Labute approximate surface area is 141 Å². The van der Waals surface area contributed by atoms with Crippen LogP contribution in [0.2, 0.25) is 0 Å². The molecule has 2 aliphatic heterocycles. The molecule has 134 valence electrons. The number of Topliss-reactive ketones (excluding diaryl/α,β-unsaturated/α-hetero) is 1. The molecule has 2 fully saturated rings. The summed E-state index contributed by atoms with van der Waals surface area (Å²) in [7, 11) is -3.20. The predicted molar refractivity (Wildman–Crippen MR) is 92.7 cm³/mol. The summed E-state index contributed by atoms with van der Waals surface area (Å²) in [5.41, 5.74) is 0. The zero-order valence-electron chi connectivity index (χ0n) is 14.8. The summed E-state index contributed by atoms with van der Waals surface area (Å²) < 4.78 is 25.1. The van der Waals surface area contributed by atoms with Gasteiger partial charge < -0.3 is 5.32 Å². The first-order valence-corrected chi connectivity index (χ1v) is 10.8. The van der Waals surface area contributed by atoms with Crippen molar-refractivity contribution in [1.29, 1.82) is 0 Å². The lowest BCUT2D eigenvalue weighted by Gasteiger charge is -2.23. The van der Waals surface area contributed by atoms with Crippen LogP contribution in [0.3, 0.4) is 0 Å². The number of carbonyl (C=O) groups excluding carboxylic acids is 1. The molecule has 0 radical (unpaired) electrons. The van der Waals surface area contributed by atoms with Gasteiger partial charge in [-0.25, -0.2) is 12.7 Å². The second kappa shape index (κ2) is 8.08. The molecule has 0 spiro atoms. The minimum Gasteiger partial charge on any atom is -0.317 e. The lowest BCUT2D eigenvalue weighted by Crippen LogP contribution is -2.29. The van der Waals surface area contributed by atoms with Crippen LogP contribution in [0, 0.1) is 23.7 Å². The molecule has 0 aliphatic carbocycles. The van der Waals surface area contributed by atoms with Crippen LogP contribution < -0.4 is 5.32 Å². The fourth-order valence-electron chi connectivity index (χ4n) is 4.00. The largest absolute Gasteiger partial charge is 0.317 e. The summed E-state index contributed by atoms with van der Waals surface area (Å²) in [5, 5.41) is 3.37. The van der Waals surface area contributed by atoms with Crippen LogP contribution in [0.25, 0.3) is 0 Å². The molecule has 5 nitrogen and oxygen atoms in total. The molecule has 1 N–H and O–H groups in total. The molecule has 0 bridgehead atoms. The monoisotopic (exact) mass is 344 g/mol. The van der Waals surface area contributed by atoms with E-state index in [-0.39, 0.29) is 17.6 Å². The summed E-state index contributed by atoms with van der Waals surface area (Å²) in [5.74, 6) is 1.40. The Balaban J connectivity index is 1.86. The highest BCUT2D eigenvalue weighted by molar-refractivity contribution is 7.88. The number of carbonyl (C=O) groups is 1. The van der Waals surface area contributed by atoms with Gasteiger partial charge in [0.05, 0.1) is 6.26 Å². The lowest BCUT2D eigenvalue weighted by atomic mass is 9.82. The predicted octanol–water partition coefficient (Wildman–Crippen LogP) is 1.89. The van der Waals surface area contributed by atoms with E-state index in [0.29, 0.717) is 25.4 Å². The third-order valence-corrected chi connectivity index (χ3v) is 6.80. The third-order valence-electron chi connectivity index (χ3n) is 5.56. The third kappa shape index (κ3) is 5.26. The van der Waals surface area contributed by atoms with Crippen molar-refractivity contribution in [1.82, 2.24) is 9.62 Å². The normalized spacial score (nSPS) is 27.7. The first-order chi connectivity index (χ1) is 10.8. The molecule has 0 aromatic carbocycles. The zero-order valence-corrected chi connectivity index (χ0v) is 15.6. The Morgan fingerprint density at radius 2 is 1.87 bits per heavy atom. The van der Waals surface area contributed by atoms with Crippen LogP contribution in [-0.4, -0.2) is 50.9 Å². The van der Waals surface area contributed by atoms with Crippen LogP contribution in [0.5, 0.6) is 0 Å². The number of piperidine rings is 1. The summed E-state index contributed by atoms with van der Waals surface area (Å²) in [4.78, 5) is 12.6. The highest BCUT2D eigenvalue weighted by atomic mass is 32.2. The van der Waals surface area contributed by atoms with E-state index in [0.717, 1.165) is 31.8 Å². The van der Waals surface area contributed by atoms with Gasteiger partial charge in [0.1, 0.15) is 5.78 Å². The van der Waals surface area contributed by atoms with Gasteiger partial charge in [-0.1, -0.05) is 13.8 Å². The summed E-state index contributed by atoms with van der Waals surface area (Å²) >= 11 is 0. The molecular weight excluding hydrogens is 312 g/mol. The van der Waals surface area contributed by atoms with Gasteiger partial charge in [-0.15, -0.1) is 0 Å². The Morgan fingerprint density at radius 3 is 2.43 bits per heavy atom. The highest BCUT2D eigenvalue weighted by Crippen LogP contribution is 2.33. The van der Waals surface area contributed by atoms with Gasteiger partial charge in [0.25, 0.3) is 0 Å². The molecule has 0 aromatic heterocycles. The maximum Gasteiger partial charge on any atom is 0.211 e. The van der Waals surface area contributed by atoms with Crippen molar-refractivity contribution in [3.8, 4) is 0 Å². The molecule has 2 heterocycles. The van der Waals surface area contributed by atoms with Crippen molar-refractivity contribution in [3.63, 3.8) is 0 Å². The molecule has 0 aromatic rings. The number of rotatable bonds is 7. The topological polar surface area (TPSA) is 66.5 Å². The number of ketones is 1. The zero-order chi connectivity index (χ0) is 17.0. The standard InChI is InChI=1S/C17H32N2O3S/c1-13(2)15-11-19(23(3,21)22)12-16(15)17(20)6-4-5-14-7-9-18-10-8-14/h13-16,18H,4-12H2,1-3H3/t15-,16?/m1/s1. The second-order valence-corrected chi connectivity index (χ2v) is 9.63. The summed E-state index contributed by atoms with van der Waals surface area (Å²) in [6.45, 7) is 7.26. The average Bonchev–Trinajstić information content (AvgIpc) is 2.94. The maximum absolute atomic E-state index is 12.6. The van der Waals surface area contributed by atoms with Gasteiger partial charge in [-0.2, -0.15) is 0 Å². The van der Waals surface area contributed by atoms with Crippen LogP contribution in [0.15, 0.2) is 0 Å². The summed E-state index contributed by atoms with van der Waals surface area (Å²) in [6.07, 6.45) is 6.36. The second-order valence-electron chi connectivity index (χ2n) is 7.65. The van der Waals surface area contributed by atoms with Gasteiger partial charge in [0.15, 0.2) is 0 Å². The Hall–Kier alpha value is -0.460. The van der Waals surface area contributed by atoms with Crippen molar-refractivity contribution in [2.45, 2.75) is 46.0 Å². The van der Waals surface area contributed by atoms with Crippen LogP contribution in [0.1, 0.15) is 46.0 Å². The Morgan fingerprint density at radius 1 is 1.22 bits per heavy atom. The minimum atomic E-state index is -3.20. The van der Waals surface area contributed by atoms with Crippen molar-refractivity contribution in [2.75, 3.05) is 32.4 Å². The van der Waals surface area contributed by atoms with Gasteiger partial charge in [-0.05, 0) is 56.5 Å². The number of sulfonamides is 1. The average molecular weight is 345 g/mol. The van der Waals surface area contributed by atoms with E-state index in [1.54, 1.807) is 0 Å². The van der Waals surface area contributed by atoms with Gasteiger partial charge in [0, 0.05) is 25.4 Å². The van der Waals surface area contributed by atoms with Gasteiger partial charge >= 0.3 is 0 Å². The van der Waals surface area contributed by atoms with Crippen LogP contribution in [-0.2, 0) is 14.8 Å². The maximum atomic E-state index is 12.6. The van der Waals surface area contributed by atoms with E-state index in [1.165, 1.54) is 23.4 Å². The van der Waals surface area contributed by atoms with E-state index >= 15 is 0 Å². The fourth-order valence-corrected chi connectivity index (χ4v) is 4.87.